The number of nitrogens with two attached hydrogens (primary N) is 1. The molecule has 130 valence electrons. The van der Waals surface area contributed by atoms with E-state index in [1.165, 1.54) is 9.80 Å². The second-order valence-corrected chi connectivity index (χ2v) is 6.15. The summed E-state index contributed by atoms with van der Waals surface area (Å²) < 4.78 is 32.0. The Hall–Kier alpha value is -2.22. The van der Waals surface area contributed by atoms with Crippen molar-refractivity contribution >= 4 is 17.5 Å². The van der Waals surface area contributed by atoms with Crippen molar-refractivity contribution in [3.8, 4) is 5.75 Å². The molecule has 1 atom stereocenters. The number of benzene rings is 1. The topological polar surface area (TPSA) is 75.9 Å². The molecule has 0 bridgehead atoms. The lowest BCUT2D eigenvalue weighted by Crippen LogP contribution is -2.43. The maximum atomic E-state index is 13.2. The highest BCUT2D eigenvalue weighted by molar-refractivity contribution is 6.01. The van der Waals surface area contributed by atoms with E-state index in [0.717, 1.165) is 0 Å². The fourth-order valence-corrected chi connectivity index (χ4v) is 2.87. The van der Waals surface area contributed by atoms with Crippen LogP contribution in [0.5, 0.6) is 5.75 Å². The lowest BCUT2D eigenvalue weighted by atomic mass is 10.0. The molecule has 3 rings (SSSR count). The van der Waals surface area contributed by atoms with Crippen LogP contribution in [0.2, 0.25) is 0 Å². The lowest BCUT2D eigenvalue weighted by molar-refractivity contribution is -0.119. The number of fused-ring (bicyclic) bond motifs is 1. The number of nitrogens with zero attached hydrogens (tertiary/aromatic N) is 2. The van der Waals surface area contributed by atoms with Gasteiger partial charge in [-0.05, 0) is 18.2 Å². The molecule has 6 nitrogen and oxygen atoms in total. The van der Waals surface area contributed by atoms with Crippen molar-refractivity contribution in [3.05, 3.63) is 23.8 Å². The number of hydrogen-bond donors (Lipinski definition) is 1. The third-order valence-corrected chi connectivity index (χ3v) is 4.42. The Labute approximate surface area is 138 Å². The summed E-state index contributed by atoms with van der Waals surface area (Å²) in [5, 5.41) is 0. The first-order chi connectivity index (χ1) is 11.3. The predicted molar refractivity (Wildman–Crippen MR) is 83.4 cm³/mol. The molecule has 0 unspecified atom stereocenters. The van der Waals surface area contributed by atoms with Crippen LogP contribution < -0.4 is 15.4 Å². The number of carbonyl (C=O) groups excluding carboxylic acids is 2. The van der Waals surface area contributed by atoms with Crippen LogP contribution >= 0.6 is 0 Å². The second-order valence-electron chi connectivity index (χ2n) is 6.15. The van der Waals surface area contributed by atoms with Gasteiger partial charge in [-0.2, -0.15) is 0 Å². The van der Waals surface area contributed by atoms with Gasteiger partial charge in [0.1, 0.15) is 18.4 Å². The normalized spacial score (nSPS) is 23.3. The van der Waals surface area contributed by atoms with E-state index < -0.39 is 12.0 Å². The van der Waals surface area contributed by atoms with E-state index >= 15 is 0 Å². The van der Waals surface area contributed by atoms with Crippen molar-refractivity contribution in [2.75, 3.05) is 31.6 Å². The van der Waals surface area contributed by atoms with Crippen LogP contribution in [0.15, 0.2) is 18.2 Å². The first-order valence-electron chi connectivity index (χ1n) is 7.75. The standard InChI is InChI=1S/C16H19F2N3O3/c1-20-12-8-10(2-3-13(12)24-9-11(19)15(20)23)14(22)21-6-4-16(17,18)5-7-21/h2-3,8,11H,4-7,9,19H2,1H3/t11-/m0/s1. The van der Waals surface area contributed by atoms with Crippen molar-refractivity contribution in [2.45, 2.75) is 24.8 Å². The minimum atomic E-state index is -2.71. The van der Waals surface area contributed by atoms with Gasteiger partial charge in [-0.15, -0.1) is 0 Å². The van der Waals surface area contributed by atoms with Gasteiger partial charge in [0, 0.05) is 38.5 Å². The predicted octanol–water partition coefficient (Wildman–Crippen LogP) is 1.24. The highest BCUT2D eigenvalue weighted by atomic mass is 19.3. The molecule has 0 aromatic heterocycles. The molecule has 1 aromatic carbocycles. The number of anilines is 1. The van der Waals surface area contributed by atoms with E-state index in [9.17, 15) is 18.4 Å². The van der Waals surface area contributed by atoms with E-state index in [2.05, 4.69) is 0 Å². The number of rotatable bonds is 1. The number of amides is 2. The van der Waals surface area contributed by atoms with Crippen molar-refractivity contribution < 1.29 is 23.1 Å². The molecule has 0 saturated carbocycles. The van der Waals surface area contributed by atoms with Crippen LogP contribution in [-0.4, -0.2) is 55.4 Å². The summed E-state index contributed by atoms with van der Waals surface area (Å²) in [4.78, 5) is 27.4. The molecule has 1 aromatic rings. The Morgan fingerprint density at radius 2 is 2.00 bits per heavy atom. The molecule has 1 saturated heterocycles. The van der Waals surface area contributed by atoms with Crippen molar-refractivity contribution in [1.82, 2.24) is 4.90 Å². The zero-order chi connectivity index (χ0) is 17.5. The molecule has 0 spiro atoms. The third-order valence-electron chi connectivity index (χ3n) is 4.42. The number of hydrogen-bond acceptors (Lipinski definition) is 4. The summed E-state index contributed by atoms with van der Waals surface area (Å²) in [5.74, 6) is -2.89. The Bertz CT molecular complexity index is 671. The lowest BCUT2D eigenvalue weighted by Gasteiger charge is -2.32. The van der Waals surface area contributed by atoms with Gasteiger partial charge < -0.3 is 20.3 Å². The van der Waals surface area contributed by atoms with E-state index in [0.29, 0.717) is 17.0 Å². The molecule has 1 fully saturated rings. The zero-order valence-corrected chi connectivity index (χ0v) is 13.3. The van der Waals surface area contributed by atoms with Gasteiger partial charge in [-0.1, -0.05) is 0 Å². The summed E-state index contributed by atoms with van der Waals surface area (Å²) >= 11 is 0. The minimum absolute atomic E-state index is 0.0130. The highest BCUT2D eigenvalue weighted by Crippen LogP contribution is 2.33. The summed E-state index contributed by atoms with van der Waals surface area (Å²) in [6.07, 6.45) is -0.667. The third kappa shape index (κ3) is 3.06. The molecule has 2 heterocycles. The fraction of sp³-hybridized carbons (Fsp3) is 0.500. The van der Waals surface area contributed by atoms with Gasteiger partial charge in [0.25, 0.3) is 11.8 Å². The van der Waals surface area contributed by atoms with E-state index in [4.69, 9.17) is 10.5 Å². The first-order valence-corrected chi connectivity index (χ1v) is 7.75. The molecule has 24 heavy (non-hydrogen) atoms. The van der Waals surface area contributed by atoms with Crippen LogP contribution in [-0.2, 0) is 4.79 Å². The van der Waals surface area contributed by atoms with Gasteiger partial charge in [0.05, 0.1) is 5.69 Å². The smallest absolute Gasteiger partial charge is 0.253 e. The average molecular weight is 339 g/mol. The van der Waals surface area contributed by atoms with Crippen LogP contribution in [0.1, 0.15) is 23.2 Å². The summed E-state index contributed by atoms with van der Waals surface area (Å²) in [5.41, 5.74) is 6.50. The van der Waals surface area contributed by atoms with Gasteiger partial charge in [-0.25, -0.2) is 8.78 Å². The Morgan fingerprint density at radius 3 is 2.67 bits per heavy atom. The molecule has 2 N–H and O–H groups in total. The van der Waals surface area contributed by atoms with E-state index in [1.807, 2.05) is 0 Å². The molecule has 2 amide bonds. The van der Waals surface area contributed by atoms with Crippen LogP contribution in [0.3, 0.4) is 0 Å². The van der Waals surface area contributed by atoms with Gasteiger partial charge in [0.2, 0.25) is 5.91 Å². The summed E-state index contributed by atoms with van der Waals surface area (Å²) in [6, 6.07) is 3.94. The molecule has 0 aliphatic carbocycles. The molecular formula is C16H19F2N3O3. The highest BCUT2D eigenvalue weighted by Gasteiger charge is 2.36. The minimum Gasteiger partial charge on any atom is -0.489 e. The quantitative estimate of drug-likeness (QED) is 0.835. The van der Waals surface area contributed by atoms with Crippen molar-refractivity contribution in [3.63, 3.8) is 0 Å². The van der Waals surface area contributed by atoms with Crippen molar-refractivity contribution in [2.24, 2.45) is 5.73 Å². The van der Waals surface area contributed by atoms with E-state index in [1.54, 1.807) is 25.2 Å². The number of piperidine rings is 1. The number of likely N-dealkylation sites (N-methyl/N-ethyl adjacent to an activating group) is 1. The number of carbonyl (C=O) groups is 2. The molecule has 0 radical (unpaired) electrons. The van der Waals surface area contributed by atoms with Gasteiger partial charge in [0.15, 0.2) is 0 Å². The largest absolute Gasteiger partial charge is 0.489 e. The van der Waals surface area contributed by atoms with Crippen molar-refractivity contribution in [1.29, 1.82) is 0 Å². The summed E-state index contributed by atoms with van der Waals surface area (Å²) in [6.45, 7) is 0.0861. The summed E-state index contributed by atoms with van der Waals surface area (Å²) in [7, 11) is 1.56. The first kappa shape index (κ1) is 16.6. The SMILES string of the molecule is CN1C(=O)[C@@H](N)COc2ccc(C(=O)N3CCC(F)(F)CC3)cc21. The zero-order valence-electron chi connectivity index (χ0n) is 13.3. The van der Waals surface area contributed by atoms with Crippen LogP contribution in [0.25, 0.3) is 0 Å². The number of alkyl halides is 2. The fourth-order valence-electron chi connectivity index (χ4n) is 2.87. The molecule has 2 aliphatic heterocycles. The molecular weight excluding hydrogens is 320 g/mol. The van der Waals surface area contributed by atoms with E-state index in [-0.39, 0.29) is 44.4 Å². The van der Waals surface area contributed by atoms with Crippen LogP contribution in [0, 0.1) is 0 Å². The average Bonchev–Trinajstić information content (AvgIpc) is 2.66. The molecule has 2 aliphatic rings. The Balaban J connectivity index is 1.84. The van der Waals surface area contributed by atoms with Gasteiger partial charge >= 0.3 is 0 Å². The monoisotopic (exact) mass is 339 g/mol. The Morgan fingerprint density at radius 1 is 1.33 bits per heavy atom. The maximum absolute atomic E-state index is 13.2. The molecule has 8 heteroatoms. The second kappa shape index (κ2) is 6.01. The Kier molecular flexibility index (Phi) is 4.16. The number of ether oxygens (including phenoxy) is 1. The maximum Gasteiger partial charge on any atom is 0.253 e. The number of halogens is 2. The van der Waals surface area contributed by atoms with Gasteiger partial charge in [-0.3, -0.25) is 9.59 Å². The number of likely N-dealkylation sites (tertiary alicyclic amines) is 1. The van der Waals surface area contributed by atoms with Crippen LogP contribution in [0.4, 0.5) is 14.5 Å².